The predicted molar refractivity (Wildman–Crippen MR) is 82.3 cm³/mol. The molecular formula is C16H19NO5. The largest absolute Gasteiger partial charge is 0.493 e. The zero-order valence-electron chi connectivity index (χ0n) is 13.0. The van der Waals surface area contributed by atoms with Crippen molar-refractivity contribution in [1.82, 2.24) is 0 Å². The van der Waals surface area contributed by atoms with Crippen LogP contribution in [0.2, 0.25) is 0 Å². The Labute approximate surface area is 128 Å². The van der Waals surface area contributed by atoms with Crippen molar-refractivity contribution < 1.29 is 24.2 Å². The number of amides is 1. The van der Waals surface area contributed by atoms with E-state index >= 15 is 0 Å². The lowest BCUT2D eigenvalue weighted by Crippen LogP contribution is -2.46. The number of hydrogen-bond donors (Lipinski definition) is 1. The van der Waals surface area contributed by atoms with E-state index in [4.69, 9.17) is 14.6 Å². The third-order valence-corrected chi connectivity index (χ3v) is 3.48. The van der Waals surface area contributed by atoms with E-state index in [1.807, 2.05) is 13.8 Å². The molecule has 1 amide bonds. The van der Waals surface area contributed by atoms with E-state index in [0.29, 0.717) is 22.7 Å². The number of aliphatic carboxylic acids is 1. The smallest absolute Gasteiger partial charge is 0.328 e. The van der Waals surface area contributed by atoms with Crippen LogP contribution < -0.4 is 14.4 Å². The Morgan fingerprint density at radius 3 is 2.68 bits per heavy atom. The number of rotatable bonds is 4. The van der Waals surface area contributed by atoms with Crippen molar-refractivity contribution in [1.29, 1.82) is 0 Å². The summed E-state index contributed by atoms with van der Waals surface area (Å²) in [7, 11) is 3.17. The van der Waals surface area contributed by atoms with E-state index in [9.17, 15) is 9.59 Å². The second-order valence-electron chi connectivity index (χ2n) is 5.42. The molecule has 1 unspecified atom stereocenters. The van der Waals surface area contributed by atoms with Gasteiger partial charge >= 0.3 is 5.97 Å². The van der Waals surface area contributed by atoms with Crippen LogP contribution in [0.3, 0.4) is 0 Å². The first-order valence-electron chi connectivity index (χ1n) is 6.92. The Morgan fingerprint density at radius 1 is 1.45 bits per heavy atom. The van der Waals surface area contributed by atoms with Crippen molar-refractivity contribution in [2.45, 2.75) is 20.0 Å². The Hall–Kier alpha value is -2.50. The summed E-state index contributed by atoms with van der Waals surface area (Å²) in [4.78, 5) is 24.5. The van der Waals surface area contributed by atoms with Gasteiger partial charge in [-0.1, -0.05) is 13.8 Å². The molecule has 1 aromatic carbocycles. The highest BCUT2D eigenvalue weighted by Gasteiger charge is 2.36. The summed E-state index contributed by atoms with van der Waals surface area (Å²) in [6.07, 6.45) is 1.91. The Balaban J connectivity index is 2.52. The van der Waals surface area contributed by atoms with Crippen LogP contribution in [-0.4, -0.2) is 37.2 Å². The number of nitrogens with zero attached hydrogens (tertiary/aromatic N) is 1. The minimum Gasteiger partial charge on any atom is -0.493 e. The summed E-state index contributed by atoms with van der Waals surface area (Å²) in [5, 5.41) is 8.72. The number of likely N-dealkylation sites (N-methyl/N-ethyl adjacent to an activating group) is 1. The maximum absolute atomic E-state index is 12.4. The molecule has 118 valence electrons. The van der Waals surface area contributed by atoms with Gasteiger partial charge in [0.05, 0.1) is 12.8 Å². The summed E-state index contributed by atoms with van der Waals surface area (Å²) in [5.74, 6) is -0.191. The van der Waals surface area contributed by atoms with Gasteiger partial charge in [-0.2, -0.15) is 0 Å². The number of methoxy groups -OCH3 is 1. The maximum atomic E-state index is 12.4. The van der Waals surface area contributed by atoms with E-state index in [1.165, 1.54) is 18.1 Å². The van der Waals surface area contributed by atoms with Gasteiger partial charge in [0.2, 0.25) is 0 Å². The fraction of sp³-hybridized carbons (Fsp3) is 0.375. The van der Waals surface area contributed by atoms with Crippen molar-refractivity contribution in [2.75, 3.05) is 19.1 Å². The Kier molecular flexibility index (Phi) is 4.40. The minimum absolute atomic E-state index is 0.0272. The first-order chi connectivity index (χ1) is 10.3. The molecule has 6 nitrogen and oxygen atoms in total. The number of carbonyl (C=O) groups excluding carboxylic acids is 1. The van der Waals surface area contributed by atoms with Gasteiger partial charge in [0.15, 0.2) is 17.6 Å². The number of anilines is 1. The second kappa shape index (κ2) is 6.09. The maximum Gasteiger partial charge on any atom is 0.328 e. The molecule has 1 aromatic rings. The number of carboxylic acids is 1. The first kappa shape index (κ1) is 15.9. The number of fused-ring (bicyclic) bond motifs is 1. The standard InChI is InChI=1S/C16H19NO5/c1-9(2)14-16(20)17(3)11-7-10(5-6-13(18)19)8-12(21-4)15(11)22-14/h5-9,14H,1-4H3,(H,18,19)/b6-5+. The lowest BCUT2D eigenvalue weighted by atomic mass is 10.0. The molecular weight excluding hydrogens is 286 g/mol. The fourth-order valence-electron chi connectivity index (χ4n) is 2.30. The first-order valence-corrected chi connectivity index (χ1v) is 6.92. The SMILES string of the molecule is COc1cc(/C=C/C(=O)O)cc2c1OC(C(C)C)C(=O)N2C. The Bertz CT molecular complexity index is 636. The number of carboxylic acid groups (broad SMARTS) is 1. The highest BCUT2D eigenvalue weighted by Crippen LogP contribution is 2.43. The quantitative estimate of drug-likeness (QED) is 0.863. The zero-order chi connectivity index (χ0) is 16.4. The summed E-state index contributed by atoms with van der Waals surface area (Å²) in [5.41, 5.74) is 1.18. The molecule has 1 aliphatic rings. The van der Waals surface area contributed by atoms with Crippen LogP contribution in [0.4, 0.5) is 5.69 Å². The third kappa shape index (κ3) is 2.90. The minimum atomic E-state index is -1.04. The van der Waals surface area contributed by atoms with Gasteiger partial charge < -0.3 is 19.5 Å². The predicted octanol–water partition coefficient (Wildman–Crippen LogP) is 2.17. The molecule has 0 aromatic heterocycles. The van der Waals surface area contributed by atoms with Gasteiger partial charge in [-0.15, -0.1) is 0 Å². The van der Waals surface area contributed by atoms with Crippen LogP contribution in [0.5, 0.6) is 11.5 Å². The molecule has 0 saturated carbocycles. The fourth-order valence-corrected chi connectivity index (χ4v) is 2.30. The van der Waals surface area contributed by atoms with Gasteiger partial charge in [-0.25, -0.2) is 4.79 Å². The summed E-state index contributed by atoms with van der Waals surface area (Å²) >= 11 is 0. The molecule has 6 heteroatoms. The summed E-state index contributed by atoms with van der Waals surface area (Å²) < 4.78 is 11.1. The number of hydrogen-bond acceptors (Lipinski definition) is 4. The molecule has 1 heterocycles. The second-order valence-corrected chi connectivity index (χ2v) is 5.42. The van der Waals surface area contributed by atoms with Gasteiger partial charge in [-0.05, 0) is 29.7 Å². The average molecular weight is 305 g/mol. The van der Waals surface area contributed by atoms with Gasteiger partial charge in [0, 0.05) is 13.1 Å². The van der Waals surface area contributed by atoms with Crippen LogP contribution in [0.15, 0.2) is 18.2 Å². The zero-order valence-corrected chi connectivity index (χ0v) is 13.0. The highest BCUT2D eigenvalue weighted by atomic mass is 16.5. The van der Waals surface area contributed by atoms with E-state index in [-0.39, 0.29) is 11.8 Å². The van der Waals surface area contributed by atoms with E-state index < -0.39 is 12.1 Å². The monoisotopic (exact) mass is 305 g/mol. The van der Waals surface area contributed by atoms with Crippen molar-refractivity contribution >= 4 is 23.6 Å². The number of benzene rings is 1. The van der Waals surface area contributed by atoms with Crippen LogP contribution in [0.1, 0.15) is 19.4 Å². The topological polar surface area (TPSA) is 76.1 Å². The third-order valence-electron chi connectivity index (χ3n) is 3.48. The van der Waals surface area contributed by atoms with Gasteiger partial charge in [-0.3, -0.25) is 4.79 Å². The van der Waals surface area contributed by atoms with Crippen molar-refractivity contribution in [3.63, 3.8) is 0 Å². The molecule has 1 N–H and O–H groups in total. The lowest BCUT2D eigenvalue weighted by Gasteiger charge is -2.34. The molecule has 22 heavy (non-hydrogen) atoms. The molecule has 0 bridgehead atoms. The molecule has 0 radical (unpaired) electrons. The van der Waals surface area contributed by atoms with Crippen molar-refractivity contribution in [2.24, 2.45) is 5.92 Å². The van der Waals surface area contributed by atoms with E-state index in [1.54, 1.807) is 19.2 Å². The van der Waals surface area contributed by atoms with Crippen LogP contribution >= 0.6 is 0 Å². The van der Waals surface area contributed by atoms with E-state index in [0.717, 1.165) is 6.08 Å². The summed E-state index contributed by atoms with van der Waals surface area (Å²) in [6.45, 7) is 3.83. The number of carbonyl (C=O) groups is 2. The molecule has 0 saturated heterocycles. The molecule has 1 atom stereocenters. The lowest BCUT2D eigenvalue weighted by molar-refractivity contribution is -0.131. The van der Waals surface area contributed by atoms with E-state index in [2.05, 4.69) is 0 Å². The Morgan fingerprint density at radius 2 is 2.14 bits per heavy atom. The normalized spacial score (nSPS) is 17.6. The molecule has 0 fully saturated rings. The van der Waals surface area contributed by atoms with Gasteiger partial charge in [0.25, 0.3) is 5.91 Å². The number of ether oxygens (including phenoxy) is 2. The van der Waals surface area contributed by atoms with Crippen LogP contribution in [0.25, 0.3) is 6.08 Å². The van der Waals surface area contributed by atoms with Gasteiger partial charge in [0.1, 0.15) is 0 Å². The molecule has 1 aliphatic heterocycles. The molecule has 2 rings (SSSR count). The highest BCUT2D eigenvalue weighted by molar-refractivity contribution is 6.01. The van der Waals surface area contributed by atoms with Crippen molar-refractivity contribution in [3.8, 4) is 11.5 Å². The van der Waals surface area contributed by atoms with Crippen LogP contribution in [-0.2, 0) is 9.59 Å². The molecule has 0 aliphatic carbocycles. The van der Waals surface area contributed by atoms with Crippen LogP contribution in [0, 0.1) is 5.92 Å². The molecule has 0 spiro atoms. The summed E-state index contributed by atoms with van der Waals surface area (Å²) in [6, 6.07) is 3.38. The average Bonchev–Trinajstić information content (AvgIpc) is 2.47. The van der Waals surface area contributed by atoms with Crippen molar-refractivity contribution in [3.05, 3.63) is 23.8 Å².